The van der Waals surface area contributed by atoms with Crippen LogP contribution in [-0.4, -0.2) is 30.0 Å². The molecule has 0 spiro atoms. The molecule has 0 bridgehead atoms. The molecular formula is C16H18F2N2O. The highest BCUT2D eigenvalue weighted by atomic mass is 19.3. The summed E-state index contributed by atoms with van der Waals surface area (Å²) in [4.78, 5) is 17.2. The Balaban J connectivity index is 2.05. The van der Waals surface area contributed by atoms with Gasteiger partial charge in [-0.15, -0.1) is 0 Å². The van der Waals surface area contributed by atoms with Crippen LogP contribution >= 0.6 is 0 Å². The molecule has 1 saturated heterocycles. The highest BCUT2D eigenvalue weighted by Crippen LogP contribution is 2.19. The third-order valence-corrected chi connectivity index (χ3v) is 3.39. The molecule has 5 heteroatoms. The lowest BCUT2D eigenvalue weighted by molar-refractivity contribution is -0.128. The van der Waals surface area contributed by atoms with Crippen LogP contribution < -0.4 is 0 Å². The summed E-state index contributed by atoms with van der Waals surface area (Å²) >= 11 is 0. The van der Waals surface area contributed by atoms with E-state index in [1.807, 2.05) is 29.2 Å². The lowest BCUT2D eigenvalue weighted by Gasteiger charge is -2.15. The second kappa shape index (κ2) is 7.11. The normalized spacial score (nSPS) is 16.5. The molecule has 1 heterocycles. The fourth-order valence-electron chi connectivity index (χ4n) is 2.32. The summed E-state index contributed by atoms with van der Waals surface area (Å²) in [6, 6.07) is 7.49. The summed E-state index contributed by atoms with van der Waals surface area (Å²) < 4.78 is 24.3. The summed E-state index contributed by atoms with van der Waals surface area (Å²) in [5.41, 5.74) is 2.33. The Morgan fingerprint density at radius 1 is 1.38 bits per heavy atom. The number of allylic oxidation sites excluding steroid dienone is 1. The standard InChI is InChI=1S/C16H18F2N2O/c1-2-14(19-10-15(17)18)13-7-5-12(6-8-13)11-20-9-3-4-16(20)21/h2,5-8,10,15H,3-4,9,11H2,1H3/b14-2+,19-10?. The van der Waals surface area contributed by atoms with Crippen molar-refractivity contribution in [3.8, 4) is 0 Å². The van der Waals surface area contributed by atoms with Crippen LogP contribution in [0, 0.1) is 0 Å². The topological polar surface area (TPSA) is 32.7 Å². The molecule has 0 atom stereocenters. The number of carbonyl (C=O) groups excluding carboxylic acids is 1. The van der Waals surface area contributed by atoms with E-state index in [4.69, 9.17) is 0 Å². The molecule has 1 aliphatic rings. The minimum atomic E-state index is -2.56. The van der Waals surface area contributed by atoms with Crippen molar-refractivity contribution < 1.29 is 13.6 Å². The largest absolute Gasteiger partial charge is 0.338 e. The Morgan fingerprint density at radius 3 is 2.62 bits per heavy atom. The molecule has 1 fully saturated rings. The highest BCUT2D eigenvalue weighted by Gasteiger charge is 2.19. The second-order valence-electron chi connectivity index (χ2n) is 4.90. The number of carbonyl (C=O) groups is 1. The number of benzene rings is 1. The molecule has 0 radical (unpaired) electrons. The predicted molar refractivity (Wildman–Crippen MR) is 79.2 cm³/mol. The number of aliphatic imine (C=N–C) groups is 1. The van der Waals surface area contributed by atoms with E-state index in [0.717, 1.165) is 24.1 Å². The quantitative estimate of drug-likeness (QED) is 0.764. The Kier molecular flexibility index (Phi) is 5.20. The number of rotatable bonds is 5. The van der Waals surface area contributed by atoms with Crippen molar-refractivity contribution in [1.82, 2.24) is 4.90 Å². The summed E-state index contributed by atoms with van der Waals surface area (Å²) in [6.07, 6.45) is 1.32. The van der Waals surface area contributed by atoms with E-state index in [0.29, 0.717) is 24.9 Å². The van der Waals surface area contributed by atoms with Gasteiger partial charge in [0.25, 0.3) is 6.43 Å². The zero-order chi connectivity index (χ0) is 15.2. The van der Waals surface area contributed by atoms with Crippen LogP contribution in [0.5, 0.6) is 0 Å². The van der Waals surface area contributed by atoms with Crippen molar-refractivity contribution in [1.29, 1.82) is 0 Å². The number of likely N-dealkylation sites (tertiary alicyclic amines) is 1. The van der Waals surface area contributed by atoms with Crippen molar-refractivity contribution in [2.75, 3.05) is 6.54 Å². The van der Waals surface area contributed by atoms with Crippen molar-refractivity contribution in [2.24, 2.45) is 4.99 Å². The monoisotopic (exact) mass is 292 g/mol. The van der Waals surface area contributed by atoms with Gasteiger partial charge in [-0.2, -0.15) is 0 Å². The smallest absolute Gasteiger partial charge is 0.273 e. The number of alkyl halides is 2. The molecule has 0 aliphatic carbocycles. The lowest BCUT2D eigenvalue weighted by atomic mass is 10.1. The zero-order valence-corrected chi connectivity index (χ0v) is 11.9. The van der Waals surface area contributed by atoms with Crippen LogP contribution in [0.25, 0.3) is 5.70 Å². The van der Waals surface area contributed by atoms with Crippen LogP contribution in [0.3, 0.4) is 0 Å². The van der Waals surface area contributed by atoms with Crippen LogP contribution in [-0.2, 0) is 11.3 Å². The van der Waals surface area contributed by atoms with Crippen molar-refractivity contribution in [3.63, 3.8) is 0 Å². The van der Waals surface area contributed by atoms with Gasteiger partial charge in [-0.05, 0) is 24.5 Å². The fourth-order valence-corrected chi connectivity index (χ4v) is 2.32. The van der Waals surface area contributed by atoms with E-state index < -0.39 is 6.43 Å². The SMILES string of the molecule is C/C=C(/N=CC(F)F)c1ccc(CN2CCCC2=O)cc1. The summed E-state index contributed by atoms with van der Waals surface area (Å²) in [6.45, 7) is 3.17. The molecular weight excluding hydrogens is 274 g/mol. The molecule has 1 aliphatic heterocycles. The van der Waals surface area contributed by atoms with Gasteiger partial charge in [-0.1, -0.05) is 30.3 Å². The Labute approximate surface area is 123 Å². The summed E-state index contributed by atoms with van der Waals surface area (Å²) in [7, 11) is 0. The van der Waals surface area contributed by atoms with Gasteiger partial charge < -0.3 is 4.90 Å². The first-order chi connectivity index (χ1) is 10.1. The molecule has 0 saturated carbocycles. The van der Waals surface area contributed by atoms with E-state index in [1.54, 1.807) is 13.0 Å². The van der Waals surface area contributed by atoms with Crippen molar-refractivity contribution >= 4 is 17.8 Å². The van der Waals surface area contributed by atoms with Gasteiger partial charge in [-0.25, -0.2) is 8.78 Å². The first kappa shape index (κ1) is 15.4. The maximum Gasteiger partial charge on any atom is 0.273 e. The first-order valence-electron chi connectivity index (χ1n) is 6.96. The minimum absolute atomic E-state index is 0.190. The molecule has 1 amide bonds. The van der Waals surface area contributed by atoms with E-state index in [1.165, 1.54) is 0 Å². The van der Waals surface area contributed by atoms with Crippen LogP contribution in [0.1, 0.15) is 30.9 Å². The number of halogens is 2. The molecule has 1 aromatic carbocycles. The zero-order valence-electron chi connectivity index (χ0n) is 11.9. The Morgan fingerprint density at radius 2 is 2.10 bits per heavy atom. The van der Waals surface area contributed by atoms with E-state index in [-0.39, 0.29) is 5.91 Å². The van der Waals surface area contributed by atoms with E-state index >= 15 is 0 Å². The molecule has 3 nitrogen and oxygen atoms in total. The first-order valence-corrected chi connectivity index (χ1v) is 6.96. The molecule has 1 aromatic rings. The van der Waals surface area contributed by atoms with Gasteiger partial charge >= 0.3 is 0 Å². The summed E-state index contributed by atoms with van der Waals surface area (Å²) in [5, 5.41) is 0. The van der Waals surface area contributed by atoms with Crippen LogP contribution in [0.4, 0.5) is 8.78 Å². The fraction of sp³-hybridized carbons (Fsp3) is 0.375. The van der Waals surface area contributed by atoms with Gasteiger partial charge in [-0.3, -0.25) is 9.79 Å². The third-order valence-electron chi connectivity index (χ3n) is 3.39. The number of hydrogen-bond acceptors (Lipinski definition) is 2. The molecule has 2 rings (SSSR count). The van der Waals surface area contributed by atoms with Gasteiger partial charge in [0.05, 0.1) is 11.9 Å². The number of nitrogens with zero attached hydrogens (tertiary/aromatic N) is 2. The predicted octanol–water partition coefficient (Wildman–Crippen LogP) is 3.51. The molecule has 0 N–H and O–H groups in total. The number of hydrogen-bond donors (Lipinski definition) is 0. The molecule has 0 unspecified atom stereocenters. The van der Waals surface area contributed by atoms with Crippen LogP contribution in [0.15, 0.2) is 35.3 Å². The summed E-state index contributed by atoms with van der Waals surface area (Å²) in [5.74, 6) is 0.190. The molecule has 112 valence electrons. The third kappa shape index (κ3) is 4.21. The highest BCUT2D eigenvalue weighted by molar-refractivity contribution is 5.78. The number of amides is 1. The second-order valence-corrected chi connectivity index (χ2v) is 4.90. The molecule has 0 aromatic heterocycles. The van der Waals surface area contributed by atoms with E-state index in [2.05, 4.69) is 4.99 Å². The minimum Gasteiger partial charge on any atom is -0.338 e. The van der Waals surface area contributed by atoms with Crippen molar-refractivity contribution in [3.05, 3.63) is 41.5 Å². The average molecular weight is 292 g/mol. The van der Waals surface area contributed by atoms with Gasteiger partial charge in [0.1, 0.15) is 0 Å². The maximum atomic E-state index is 12.2. The van der Waals surface area contributed by atoms with Crippen molar-refractivity contribution in [2.45, 2.75) is 32.7 Å². The average Bonchev–Trinajstić information content (AvgIpc) is 2.86. The van der Waals surface area contributed by atoms with E-state index in [9.17, 15) is 13.6 Å². The molecule has 21 heavy (non-hydrogen) atoms. The maximum absolute atomic E-state index is 12.2. The van der Waals surface area contributed by atoms with Crippen LogP contribution in [0.2, 0.25) is 0 Å². The van der Waals surface area contributed by atoms with Gasteiger partial charge in [0, 0.05) is 19.5 Å². The lowest BCUT2D eigenvalue weighted by Crippen LogP contribution is -2.23. The Hall–Kier alpha value is -2.04. The van der Waals surface area contributed by atoms with Gasteiger partial charge in [0.15, 0.2) is 0 Å². The van der Waals surface area contributed by atoms with Gasteiger partial charge in [0.2, 0.25) is 5.91 Å². The Bertz CT molecular complexity index is 550.